The molecule has 7 heteroatoms. The van der Waals surface area contributed by atoms with E-state index in [0.717, 1.165) is 23.2 Å². The van der Waals surface area contributed by atoms with Crippen molar-refractivity contribution in [3.05, 3.63) is 88.4 Å². The zero-order valence-electron chi connectivity index (χ0n) is 17.8. The summed E-state index contributed by atoms with van der Waals surface area (Å²) in [5.41, 5.74) is 3.64. The molecule has 1 atom stereocenters. The highest BCUT2D eigenvalue weighted by atomic mass is 35.5. The predicted octanol–water partition coefficient (Wildman–Crippen LogP) is 4.93. The van der Waals surface area contributed by atoms with Crippen molar-refractivity contribution in [2.24, 2.45) is 5.10 Å². The van der Waals surface area contributed by atoms with Gasteiger partial charge in [-0.25, -0.2) is 5.01 Å². The van der Waals surface area contributed by atoms with Crippen LogP contribution in [0.5, 0.6) is 11.5 Å². The lowest BCUT2D eigenvalue weighted by Crippen LogP contribution is -2.42. The van der Waals surface area contributed by atoms with Crippen LogP contribution < -0.4 is 14.5 Å². The van der Waals surface area contributed by atoms with Crippen LogP contribution in [0.4, 0.5) is 5.69 Å². The van der Waals surface area contributed by atoms with Crippen molar-refractivity contribution in [1.29, 1.82) is 0 Å². The van der Waals surface area contributed by atoms with E-state index in [-0.39, 0.29) is 11.9 Å². The molecule has 3 aromatic carbocycles. The van der Waals surface area contributed by atoms with Crippen LogP contribution in [0.2, 0.25) is 5.02 Å². The van der Waals surface area contributed by atoms with Gasteiger partial charge in [-0.2, -0.15) is 0 Å². The molecule has 0 fully saturated rings. The number of carbonyl (C=O) groups is 1. The summed E-state index contributed by atoms with van der Waals surface area (Å²) in [7, 11) is 3.26. The van der Waals surface area contributed by atoms with Gasteiger partial charge in [-0.1, -0.05) is 41.9 Å². The van der Waals surface area contributed by atoms with E-state index in [9.17, 15) is 4.79 Å². The third-order valence-electron chi connectivity index (χ3n) is 5.88. The van der Waals surface area contributed by atoms with Crippen LogP contribution >= 0.6 is 11.6 Å². The lowest BCUT2D eigenvalue weighted by atomic mass is 9.95. The Morgan fingerprint density at radius 2 is 1.69 bits per heavy atom. The van der Waals surface area contributed by atoms with Gasteiger partial charge in [0.05, 0.1) is 19.9 Å². The summed E-state index contributed by atoms with van der Waals surface area (Å²) in [5.74, 6) is 1.66. The molecule has 0 amide bonds. The number of hydrogen-bond acceptors (Lipinski definition) is 6. The van der Waals surface area contributed by atoms with Crippen LogP contribution in [0.1, 0.15) is 27.7 Å². The monoisotopic (exact) mass is 447 g/mol. The smallest absolute Gasteiger partial charge is 0.229 e. The molecule has 1 unspecified atom stereocenters. The molecule has 6 nitrogen and oxygen atoms in total. The molecular weight excluding hydrogens is 426 g/mol. The van der Waals surface area contributed by atoms with E-state index < -0.39 is 0 Å². The molecule has 2 aliphatic heterocycles. The Morgan fingerprint density at radius 1 is 1.00 bits per heavy atom. The maximum absolute atomic E-state index is 13.4. The van der Waals surface area contributed by atoms with Crippen molar-refractivity contribution in [3.8, 4) is 11.5 Å². The zero-order chi connectivity index (χ0) is 22.2. The van der Waals surface area contributed by atoms with E-state index in [4.69, 9.17) is 26.2 Å². The number of hydrazone groups is 1. The van der Waals surface area contributed by atoms with Crippen LogP contribution in [-0.2, 0) is 6.42 Å². The topological polar surface area (TPSA) is 54.4 Å². The number of hydrogen-bond donors (Lipinski definition) is 0. The molecule has 32 heavy (non-hydrogen) atoms. The summed E-state index contributed by atoms with van der Waals surface area (Å²) in [6.45, 7) is 0.661. The number of ether oxygens (including phenoxy) is 2. The largest absolute Gasteiger partial charge is 0.493 e. The Kier molecular flexibility index (Phi) is 5.23. The molecule has 2 heterocycles. The van der Waals surface area contributed by atoms with Gasteiger partial charge in [0.25, 0.3) is 0 Å². The number of fused-ring (bicyclic) bond motifs is 3. The maximum Gasteiger partial charge on any atom is 0.229 e. The average molecular weight is 448 g/mol. The second-order valence-electron chi connectivity index (χ2n) is 7.66. The fraction of sp³-hybridized carbons (Fsp3) is 0.200. The van der Waals surface area contributed by atoms with Crippen molar-refractivity contribution in [2.75, 3.05) is 25.8 Å². The summed E-state index contributed by atoms with van der Waals surface area (Å²) >= 11 is 6.12. The molecule has 5 rings (SSSR count). The molecule has 3 aromatic rings. The number of rotatable bonds is 5. The third-order valence-corrected chi connectivity index (χ3v) is 6.13. The number of carbonyl (C=O) groups excluding carboxylic acids is 1. The highest BCUT2D eigenvalue weighted by Gasteiger charge is 2.43. The molecule has 0 aromatic heterocycles. The minimum absolute atomic E-state index is 0.101. The van der Waals surface area contributed by atoms with Gasteiger partial charge in [0.1, 0.15) is 0 Å². The van der Waals surface area contributed by atoms with Gasteiger partial charge < -0.3 is 14.4 Å². The quantitative estimate of drug-likeness (QED) is 0.519. The van der Waals surface area contributed by atoms with Crippen molar-refractivity contribution >= 4 is 28.9 Å². The third kappa shape index (κ3) is 3.37. The first-order chi connectivity index (χ1) is 15.6. The van der Waals surface area contributed by atoms with Gasteiger partial charge in [-0.3, -0.25) is 4.79 Å². The standard InChI is InChI=1S/C25H22ClN3O3/c1-31-21-14-17-12-13-28-24(23(30)16-6-4-3-5-7-16)27-29(19-10-8-18(26)9-11-19)25(28)20(17)15-22(21)32-2/h3-11,14-15,25H,12-13H2,1-2H3. The normalized spacial score (nSPS) is 16.8. The Labute approximate surface area is 191 Å². The van der Waals surface area contributed by atoms with Gasteiger partial charge in [0.15, 0.2) is 23.5 Å². The number of Topliss-reactive ketones (excluding diaryl/α,β-unsaturated/α-hetero) is 1. The molecule has 2 aliphatic rings. The minimum Gasteiger partial charge on any atom is -0.493 e. The van der Waals surface area contributed by atoms with Crippen LogP contribution in [0.25, 0.3) is 0 Å². The van der Waals surface area contributed by atoms with E-state index in [2.05, 4.69) is 4.90 Å². The van der Waals surface area contributed by atoms with Gasteiger partial charge in [-0.05, 0) is 48.4 Å². The van der Waals surface area contributed by atoms with Crippen molar-refractivity contribution in [3.63, 3.8) is 0 Å². The molecular formula is C25H22ClN3O3. The molecule has 0 saturated heterocycles. The molecule has 0 saturated carbocycles. The first-order valence-corrected chi connectivity index (χ1v) is 10.7. The van der Waals surface area contributed by atoms with E-state index >= 15 is 0 Å². The maximum atomic E-state index is 13.4. The summed E-state index contributed by atoms with van der Waals surface area (Å²) in [4.78, 5) is 15.5. The fourth-order valence-electron chi connectivity index (χ4n) is 4.31. The molecule has 162 valence electrons. The zero-order valence-corrected chi connectivity index (χ0v) is 18.5. The van der Waals surface area contributed by atoms with Gasteiger partial charge >= 0.3 is 0 Å². The second-order valence-corrected chi connectivity index (χ2v) is 8.10. The number of benzene rings is 3. The highest BCUT2D eigenvalue weighted by molar-refractivity contribution is 6.45. The van der Waals surface area contributed by atoms with Gasteiger partial charge in [0.2, 0.25) is 5.78 Å². The predicted molar refractivity (Wildman–Crippen MR) is 125 cm³/mol. The van der Waals surface area contributed by atoms with Gasteiger partial charge in [-0.15, -0.1) is 5.10 Å². The number of nitrogens with zero attached hydrogens (tertiary/aromatic N) is 3. The Morgan fingerprint density at radius 3 is 2.38 bits per heavy atom. The van der Waals surface area contributed by atoms with Crippen molar-refractivity contribution in [1.82, 2.24) is 4.90 Å². The summed E-state index contributed by atoms with van der Waals surface area (Å²) in [6, 6.07) is 20.7. The van der Waals surface area contributed by atoms with Crippen molar-refractivity contribution in [2.45, 2.75) is 12.6 Å². The van der Waals surface area contributed by atoms with E-state index in [1.807, 2.05) is 71.7 Å². The van der Waals surface area contributed by atoms with Gasteiger partial charge in [0, 0.05) is 22.7 Å². The first-order valence-electron chi connectivity index (χ1n) is 10.4. The average Bonchev–Trinajstić information content (AvgIpc) is 3.23. The molecule has 0 aliphatic carbocycles. The summed E-state index contributed by atoms with van der Waals surface area (Å²) in [6.07, 6.45) is 0.490. The first kappa shape index (κ1) is 20.4. The van der Waals surface area contributed by atoms with E-state index in [0.29, 0.717) is 34.5 Å². The SMILES string of the molecule is COc1cc2c(cc1OC)C1N(CC2)C(C(=O)c2ccccc2)=NN1c1ccc(Cl)cc1. The number of ketones is 1. The Balaban J connectivity index is 1.64. The summed E-state index contributed by atoms with van der Waals surface area (Å²) < 4.78 is 11.1. The minimum atomic E-state index is -0.276. The Hall–Kier alpha value is -3.51. The lowest BCUT2D eigenvalue weighted by Gasteiger charge is -2.37. The number of halogens is 1. The number of methoxy groups -OCH3 is 2. The number of anilines is 1. The Bertz CT molecular complexity index is 1200. The molecule has 0 spiro atoms. The van der Waals surface area contributed by atoms with Crippen molar-refractivity contribution < 1.29 is 14.3 Å². The molecule has 0 N–H and O–H groups in total. The second kappa shape index (κ2) is 8.20. The van der Waals surface area contributed by atoms with E-state index in [1.54, 1.807) is 14.2 Å². The van der Waals surface area contributed by atoms with Crippen LogP contribution in [0.3, 0.4) is 0 Å². The lowest BCUT2D eigenvalue weighted by molar-refractivity contribution is 0.104. The fourth-order valence-corrected chi connectivity index (χ4v) is 4.44. The highest BCUT2D eigenvalue weighted by Crippen LogP contribution is 2.44. The molecule has 0 radical (unpaired) electrons. The van der Waals surface area contributed by atoms with Crippen LogP contribution in [0, 0.1) is 0 Å². The van der Waals surface area contributed by atoms with Crippen LogP contribution in [-0.4, -0.2) is 37.3 Å². The van der Waals surface area contributed by atoms with E-state index in [1.165, 1.54) is 0 Å². The molecule has 0 bridgehead atoms. The summed E-state index contributed by atoms with van der Waals surface area (Å²) in [5, 5.41) is 7.35. The number of amidine groups is 1. The van der Waals surface area contributed by atoms with Crippen LogP contribution in [0.15, 0.2) is 71.8 Å².